The van der Waals surface area contributed by atoms with Crippen molar-refractivity contribution in [2.24, 2.45) is 0 Å². The monoisotopic (exact) mass is 435 g/mol. The lowest BCUT2D eigenvalue weighted by atomic mass is 9.95. The van der Waals surface area contributed by atoms with E-state index in [4.69, 9.17) is 9.84 Å². The van der Waals surface area contributed by atoms with Crippen molar-refractivity contribution >= 4 is 17.7 Å². The van der Waals surface area contributed by atoms with E-state index in [1.165, 1.54) is 24.3 Å². The van der Waals surface area contributed by atoms with Crippen LogP contribution in [-0.4, -0.2) is 36.1 Å². The fraction of sp³-hybridized carbons (Fsp3) is 0.348. The Morgan fingerprint density at radius 3 is 2.58 bits per heavy atom. The number of aryl methyl sites for hydroxylation is 1. The van der Waals surface area contributed by atoms with Gasteiger partial charge in [-0.1, -0.05) is 6.07 Å². The molecular formula is C23H24F3NO4. The van der Waals surface area contributed by atoms with Crippen LogP contribution in [0, 0.1) is 6.92 Å². The quantitative estimate of drug-likeness (QED) is 0.615. The first-order valence-electron chi connectivity index (χ1n) is 9.78. The summed E-state index contributed by atoms with van der Waals surface area (Å²) in [5.41, 5.74) is 2.29. The molecule has 2 aromatic carbocycles. The molecule has 0 radical (unpaired) electrons. The van der Waals surface area contributed by atoms with Gasteiger partial charge in [-0.2, -0.15) is 0 Å². The lowest BCUT2D eigenvalue weighted by Gasteiger charge is -2.41. The number of carboxylic acids is 1. The highest BCUT2D eigenvalue weighted by Gasteiger charge is 2.34. The van der Waals surface area contributed by atoms with Gasteiger partial charge in [-0.15, -0.1) is 13.2 Å². The number of hydrogen-bond acceptors (Lipinski definition) is 4. The number of alkyl halides is 3. The lowest BCUT2D eigenvalue weighted by Crippen LogP contribution is -2.46. The summed E-state index contributed by atoms with van der Waals surface area (Å²) in [6.07, 6.45) is -2.61. The van der Waals surface area contributed by atoms with Crippen LogP contribution in [0.15, 0.2) is 36.4 Å². The normalized spacial score (nSPS) is 15.5. The molecule has 2 aromatic rings. The predicted molar refractivity (Wildman–Crippen MR) is 113 cm³/mol. The zero-order chi connectivity index (χ0) is 23.0. The number of nitrogens with zero attached hydrogens (tertiary/aromatic N) is 1. The van der Waals surface area contributed by atoms with Gasteiger partial charge in [-0.25, -0.2) is 4.79 Å². The third-order valence-corrected chi connectivity index (χ3v) is 4.92. The van der Waals surface area contributed by atoms with E-state index in [0.29, 0.717) is 35.5 Å². The van der Waals surface area contributed by atoms with Crippen molar-refractivity contribution in [3.8, 4) is 22.6 Å². The second kappa shape index (κ2) is 8.17. The molecule has 0 saturated carbocycles. The molecule has 0 aromatic heterocycles. The first-order valence-corrected chi connectivity index (χ1v) is 9.78. The van der Waals surface area contributed by atoms with Gasteiger partial charge >= 0.3 is 12.3 Å². The Bertz CT molecular complexity index is 1030. The van der Waals surface area contributed by atoms with Gasteiger partial charge in [-0.05, 0) is 74.7 Å². The van der Waals surface area contributed by atoms with Gasteiger partial charge in [0, 0.05) is 18.2 Å². The summed E-state index contributed by atoms with van der Waals surface area (Å²) in [5, 5.41) is 8.86. The van der Waals surface area contributed by atoms with Gasteiger partial charge in [0.25, 0.3) is 0 Å². The van der Waals surface area contributed by atoms with Crippen molar-refractivity contribution in [1.82, 2.24) is 0 Å². The van der Waals surface area contributed by atoms with Gasteiger partial charge in [0.1, 0.15) is 17.1 Å². The van der Waals surface area contributed by atoms with E-state index in [2.05, 4.69) is 9.64 Å². The van der Waals surface area contributed by atoms with Crippen molar-refractivity contribution in [3.05, 3.63) is 47.5 Å². The molecule has 1 N–H and O–H groups in total. The molecule has 31 heavy (non-hydrogen) atoms. The molecule has 0 unspecified atom stereocenters. The number of halogens is 3. The average Bonchev–Trinajstić information content (AvgIpc) is 2.64. The smallest absolute Gasteiger partial charge is 0.484 e. The van der Waals surface area contributed by atoms with E-state index in [9.17, 15) is 18.0 Å². The zero-order valence-corrected chi connectivity index (χ0v) is 17.7. The maximum Gasteiger partial charge on any atom is 0.573 e. The van der Waals surface area contributed by atoms with Crippen molar-refractivity contribution in [3.63, 3.8) is 0 Å². The van der Waals surface area contributed by atoms with Crippen molar-refractivity contribution < 1.29 is 32.5 Å². The van der Waals surface area contributed by atoms with E-state index >= 15 is 0 Å². The summed E-state index contributed by atoms with van der Waals surface area (Å²) < 4.78 is 49.4. The molecule has 8 heteroatoms. The number of aliphatic carboxylic acids is 1. The Hall–Kier alpha value is -3.16. The van der Waals surface area contributed by atoms with Crippen molar-refractivity contribution in [2.75, 3.05) is 18.0 Å². The summed E-state index contributed by atoms with van der Waals surface area (Å²) in [6, 6.07) is 7.67. The third-order valence-electron chi connectivity index (χ3n) is 4.92. The van der Waals surface area contributed by atoms with Crippen LogP contribution in [0.25, 0.3) is 17.2 Å². The van der Waals surface area contributed by atoms with Crippen LogP contribution < -0.4 is 14.4 Å². The van der Waals surface area contributed by atoms with Crippen molar-refractivity contribution in [2.45, 2.75) is 39.7 Å². The number of ether oxygens (including phenoxy) is 2. The Morgan fingerprint density at radius 1 is 1.26 bits per heavy atom. The average molecular weight is 435 g/mol. The van der Waals surface area contributed by atoms with E-state index in [-0.39, 0.29) is 11.3 Å². The molecule has 166 valence electrons. The number of hydrogen-bond donors (Lipinski definition) is 1. The molecule has 1 heterocycles. The van der Waals surface area contributed by atoms with Gasteiger partial charge in [0.15, 0.2) is 0 Å². The Balaban J connectivity index is 2.18. The van der Waals surface area contributed by atoms with Crippen LogP contribution in [0.5, 0.6) is 11.5 Å². The van der Waals surface area contributed by atoms with Gasteiger partial charge in [0.2, 0.25) is 0 Å². The number of likely N-dealkylation sites (N-methyl/N-ethyl adjacent to an activating group) is 1. The first kappa shape index (κ1) is 22.5. The first-order chi connectivity index (χ1) is 14.4. The summed E-state index contributed by atoms with van der Waals surface area (Å²) in [5.74, 6) is -0.844. The Labute approximate surface area is 178 Å². The summed E-state index contributed by atoms with van der Waals surface area (Å²) in [6.45, 7) is 9.08. The predicted octanol–water partition coefficient (Wildman–Crippen LogP) is 5.66. The van der Waals surface area contributed by atoms with Crippen LogP contribution in [0.3, 0.4) is 0 Å². The minimum Gasteiger partial charge on any atom is -0.484 e. The minimum atomic E-state index is -4.86. The zero-order valence-electron chi connectivity index (χ0n) is 17.7. The maximum atomic E-state index is 13.0. The van der Waals surface area contributed by atoms with Crippen molar-refractivity contribution in [1.29, 1.82) is 0 Å². The molecule has 0 amide bonds. The van der Waals surface area contributed by atoms with E-state index in [1.54, 1.807) is 13.0 Å². The second-order valence-corrected chi connectivity index (χ2v) is 7.99. The highest BCUT2D eigenvalue weighted by atomic mass is 19.4. The van der Waals surface area contributed by atoms with Crippen LogP contribution in [0.4, 0.5) is 18.9 Å². The fourth-order valence-corrected chi connectivity index (χ4v) is 3.69. The van der Waals surface area contributed by atoms with E-state index in [1.807, 2.05) is 26.8 Å². The van der Waals surface area contributed by atoms with Gasteiger partial charge in [-0.3, -0.25) is 0 Å². The van der Waals surface area contributed by atoms with E-state index < -0.39 is 17.9 Å². The molecule has 0 atom stereocenters. The topological polar surface area (TPSA) is 59.0 Å². The molecule has 1 aliphatic heterocycles. The number of anilines is 1. The minimum absolute atomic E-state index is 0.214. The third kappa shape index (κ3) is 5.31. The lowest BCUT2D eigenvalue weighted by molar-refractivity contribution is -0.274. The number of carbonyl (C=O) groups is 1. The molecule has 3 rings (SSSR count). The van der Waals surface area contributed by atoms with Crippen LogP contribution >= 0.6 is 0 Å². The molecule has 1 aliphatic rings. The number of benzene rings is 2. The number of fused-ring (bicyclic) bond motifs is 1. The summed E-state index contributed by atoms with van der Waals surface area (Å²) in [4.78, 5) is 13.0. The summed E-state index contributed by atoms with van der Waals surface area (Å²) >= 11 is 0. The molecule has 0 saturated heterocycles. The molecule has 0 fully saturated rings. The molecular weight excluding hydrogens is 411 g/mol. The summed E-state index contributed by atoms with van der Waals surface area (Å²) in [7, 11) is 0. The largest absolute Gasteiger partial charge is 0.573 e. The molecule has 0 spiro atoms. The SMILES string of the molecule is CCN1CC(C)(C)Oc2cc(C)c(-c3cc(/C=C/C(=O)O)ccc3OC(F)(F)F)cc21. The number of rotatable bonds is 5. The number of carboxylic acid groups (broad SMARTS) is 1. The fourth-order valence-electron chi connectivity index (χ4n) is 3.69. The Morgan fingerprint density at radius 2 is 1.97 bits per heavy atom. The van der Waals surface area contributed by atoms with Crippen LogP contribution in [-0.2, 0) is 4.79 Å². The second-order valence-electron chi connectivity index (χ2n) is 7.99. The Kier molecular flexibility index (Phi) is 5.93. The van der Waals surface area contributed by atoms with Crippen LogP contribution in [0.2, 0.25) is 0 Å². The maximum absolute atomic E-state index is 13.0. The molecule has 0 bridgehead atoms. The van der Waals surface area contributed by atoms with Gasteiger partial charge in [0.05, 0.1) is 12.2 Å². The molecule has 0 aliphatic carbocycles. The highest BCUT2D eigenvalue weighted by molar-refractivity contribution is 5.87. The molecule has 5 nitrogen and oxygen atoms in total. The van der Waals surface area contributed by atoms with Crippen LogP contribution in [0.1, 0.15) is 31.9 Å². The highest BCUT2D eigenvalue weighted by Crippen LogP contribution is 2.44. The standard InChI is InChI=1S/C23H24F3NO4/c1-5-27-13-22(3,4)30-20-10-14(2)16(12-18(20)27)17-11-15(7-9-21(28)29)6-8-19(17)31-23(24,25)26/h6-12H,5,13H2,1-4H3,(H,28,29)/b9-7+. The van der Waals surface area contributed by atoms with Gasteiger partial charge < -0.3 is 19.5 Å². The van der Waals surface area contributed by atoms with E-state index in [0.717, 1.165) is 11.8 Å².